The summed E-state index contributed by atoms with van der Waals surface area (Å²) in [4.78, 5) is 24.1. The van der Waals surface area contributed by atoms with E-state index in [1.807, 2.05) is 18.3 Å². The topological polar surface area (TPSA) is 87.5 Å². The van der Waals surface area contributed by atoms with Crippen LogP contribution in [0.5, 0.6) is 0 Å². The van der Waals surface area contributed by atoms with Crippen molar-refractivity contribution in [2.45, 2.75) is 26.4 Å². The van der Waals surface area contributed by atoms with Gasteiger partial charge >= 0.3 is 5.97 Å². The smallest absolute Gasteiger partial charge is 0.320 e. The van der Waals surface area contributed by atoms with Crippen molar-refractivity contribution in [2.75, 3.05) is 13.1 Å². The number of halogens is 1. The van der Waals surface area contributed by atoms with E-state index in [-0.39, 0.29) is 5.91 Å². The van der Waals surface area contributed by atoms with Gasteiger partial charge in [-0.1, -0.05) is 11.6 Å². The number of rotatable bonds is 8. The minimum absolute atomic E-state index is 0.140. The van der Waals surface area contributed by atoms with Crippen LogP contribution in [0.15, 0.2) is 36.7 Å². The monoisotopic (exact) mass is 364 g/mol. The highest BCUT2D eigenvalue weighted by atomic mass is 35.5. The summed E-state index contributed by atoms with van der Waals surface area (Å²) in [6.45, 7) is 4.29. The number of aliphatic carboxylic acids is 1. The Bertz CT molecular complexity index is 730. The number of aromatic nitrogens is 2. The summed E-state index contributed by atoms with van der Waals surface area (Å²) in [5.74, 6) is -1.05. The molecule has 1 heterocycles. The molecule has 134 valence electrons. The second kappa shape index (κ2) is 8.64. The van der Waals surface area contributed by atoms with E-state index in [4.69, 9.17) is 11.6 Å². The van der Waals surface area contributed by atoms with Crippen molar-refractivity contribution in [3.63, 3.8) is 0 Å². The zero-order chi connectivity index (χ0) is 18.4. The van der Waals surface area contributed by atoms with Gasteiger partial charge in [0.1, 0.15) is 6.04 Å². The summed E-state index contributed by atoms with van der Waals surface area (Å²) in [5.41, 5.74) is 1.75. The van der Waals surface area contributed by atoms with Gasteiger partial charge in [-0.05, 0) is 31.2 Å². The molecule has 1 aromatic carbocycles. The molecular formula is C17H21ClN4O3. The lowest BCUT2D eigenvalue weighted by atomic mass is 10.2. The normalized spacial score (nSPS) is 12.2. The number of nitrogens with one attached hydrogen (secondary N) is 1. The van der Waals surface area contributed by atoms with Crippen LogP contribution in [-0.4, -0.2) is 50.8 Å². The Morgan fingerprint density at radius 2 is 2.04 bits per heavy atom. The molecule has 25 heavy (non-hydrogen) atoms. The fraction of sp³-hybridized carbons (Fsp3) is 0.353. The van der Waals surface area contributed by atoms with Crippen LogP contribution in [0.4, 0.5) is 0 Å². The molecule has 0 saturated carbocycles. The SMILES string of the molecule is CC(=O)NCCN(Cc1cnn(-c2ccc(Cl)cc2)c1)C(C)C(=O)O. The third-order valence-corrected chi connectivity index (χ3v) is 4.04. The molecule has 0 radical (unpaired) electrons. The highest BCUT2D eigenvalue weighted by molar-refractivity contribution is 6.30. The van der Waals surface area contributed by atoms with Gasteiger partial charge in [-0.3, -0.25) is 14.5 Å². The molecule has 0 bridgehead atoms. The Morgan fingerprint density at radius 1 is 1.36 bits per heavy atom. The third-order valence-electron chi connectivity index (χ3n) is 3.79. The van der Waals surface area contributed by atoms with Crippen molar-refractivity contribution in [1.29, 1.82) is 0 Å². The van der Waals surface area contributed by atoms with E-state index in [9.17, 15) is 14.7 Å². The highest BCUT2D eigenvalue weighted by Crippen LogP contribution is 2.15. The number of benzene rings is 1. The lowest BCUT2D eigenvalue weighted by molar-refractivity contribution is -0.142. The van der Waals surface area contributed by atoms with Crippen molar-refractivity contribution in [1.82, 2.24) is 20.0 Å². The van der Waals surface area contributed by atoms with E-state index < -0.39 is 12.0 Å². The molecule has 1 aromatic heterocycles. The Balaban J connectivity index is 2.08. The first-order valence-electron chi connectivity index (χ1n) is 7.87. The lowest BCUT2D eigenvalue weighted by Gasteiger charge is -2.25. The average molecular weight is 365 g/mol. The second-order valence-electron chi connectivity index (χ2n) is 5.74. The standard InChI is InChI=1S/C17H21ClN4O3/c1-12(17(24)25)21(8-7-19-13(2)23)10-14-9-20-22(11-14)16-5-3-15(18)4-6-16/h3-6,9,11-12H,7-8,10H2,1-2H3,(H,19,23)(H,24,25). The van der Waals surface area contributed by atoms with Crippen LogP contribution in [0, 0.1) is 0 Å². The van der Waals surface area contributed by atoms with Crippen molar-refractivity contribution in [3.05, 3.63) is 47.2 Å². The van der Waals surface area contributed by atoms with Gasteiger partial charge in [0.15, 0.2) is 0 Å². The van der Waals surface area contributed by atoms with E-state index >= 15 is 0 Å². The minimum atomic E-state index is -0.909. The molecule has 1 unspecified atom stereocenters. The summed E-state index contributed by atoms with van der Waals surface area (Å²) in [6, 6.07) is 6.60. The number of nitrogens with zero attached hydrogens (tertiary/aromatic N) is 3. The summed E-state index contributed by atoms with van der Waals surface area (Å²) in [5, 5.41) is 16.9. The van der Waals surface area contributed by atoms with Crippen molar-refractivity contribution >= 4 is 23.5 Å². The fourth-order valence-electron chi connectivity index (χ4n) is 2.35. The van der Waals surface area contributed by atoms with Crippen LogP contribution >= 0.6 is 11.6 Å². The Hall–Kier alpha value is -2.38. The molecule has 2 rings (SSSR count). The zero-order valence-corrected chi connectivity index (χ0v) is 14.9. The Kier molecular flexibility index (Phi) is 6.55. The Labute approximate surface area is 151 Å². The number of amides is 1. The van der Waals surface area contributed by atoms with Crippen LogP contribution in [0.3, 0.4) is 0 Å². The molecule has 0 spiro atoms. The number of hydrogen-bond acceptors (Lipinski definition) is 4. The molecule has 0 aliphatic rings. The summed E-state index contributed by atoms with van der Waals surface area (Å²) >= 11 is 5.89. The molecule has 0 saturated heterocycles. The van der Waals surface area contributed by atoms with E-state index in [1.165, 1.54) is 6.92 Å². The second-order valence-corrected chi connectivity index (χ2v) is 6.17. The van der Waals surface area contributed by atoms with Gasteiger partial charge < -0.3 is 10.4 Å². The number of carboxylic acids is 1. The van der Waals surface area contributed by atoms with Gasteiger partial charge in [0.2, 0.25) is 5.91 Å². The zero-order valence-electron chi connectivity index (χ0n) is 14.1. The van der Waals surface area contributed by atoms with E-state index in [0.29, 0.717) is 24.7 Å². The first-order valence-corrected chi connectivity index (χ1v) is 8.25. The Morgan fingerprint density at radius 3 is 2.64 bits per heavy atom. The van der Waals surface area contributed by atoms with E-state index in [0.717, 1.165) is 11.3 Å². The molecule has 2 aromatic rings. The van der Waals surface area contributed by atoms with Crippen LogP contribution in [0.25, 0.3) is 5.69 Å². The maximum atomic E-state index is 11.3. The first-order chi connectivity index (χ1) is 11.9. The van der Waals surface area contributed by atoms with Gasteiger partial charge in [0.05, 0.1) is 11.9 Å². The molecule has 0 aliphatic carbocycles. The molecule has 1 atom stereocenters. The maximum Gasteiger partial charge on any atom is 0.320 e. The molecule has 0 aliphatic heterocycles. The van der Waals surface area contributed by atoms with Gasteiger partial charge in [0, 0.05) is 43.3 Å². The third kappa shape index (κ3) is 5.58. The van der Waals surface area contributed by atoms with Gasteiger partial charge in [-0.15, -0.1) is 0 Å². The quantitative estimate of drug-likeness (QED) is 0.747. The molecule has 1 amide bonds. The van der Waals surface area contributed by atoms with Crippen LogP contribution < -0.4 is 5.32 Å². The predicted octanol–water partition coefficient (Wildman–Crippen LogP) is 1.94. The minimum Gasteiger partial charge on any atom is -0.480 e. The molecular weight excluding hydrogens is 344 g/mol. The molecule has 7 nitrogen and oxygen atoms in total. The number of hydrogen-bond donors (Lipinski definition) is 2. The highest BCUT2D eigenvalue weighted by Gasteiger charge is 2.21. The van der Waals surface area contributed by atoms with Crippen molar-refractivity contribution in [2.24, 2.45) is 0 Å². The average Bonchev–Trinajstić information content (AvgIpc) is 3.02. The van der Waals surface area contributed by atoms with Crippen molar-refractivity contribution in [3.8, 4) is 5.69 Å². The summed E-state index contributed by atoms with van der Waals surface area (Å²) < 4.78 is 1.71. The summed E-state index contributed by atoms with van der Waals surface area (Å²) in [6.07, 6.45) is 3.55. The summed E-state index contributed by atoms with van der Waals surface area (Å²) in [7, 11) is 0. The van der Waals surface area contributed by atoms with E-state index in [2.05, 4.69) is 10.4 Å². The molecule has 0 fully saturated rings. The van der Waals surface area contributed by atoms with Crippen LogP contribution in [0.1, 0.15) is 19.4 Å². The largest absolute Gasteiger partial charge is 0.480 e. The maximum absolute atomic E-state index is 11.3. The molecule has 2 N–H and O–H groups in total. The van der Waals surface area contributed by atoms with Crippen LogP contribution in [0.2, 0.25) is 5.02 Å². The number of carboxylic acid groups (broad SMARTS) is 1. The predicted molar refractivity (Wildman–Crippen MR) is 94.8 cm³/mol. The molecule has 8 heteroatoms. The van der Waals surface area contributed by atoms with Gasteiger partial charge in [-0.25, -0.2) is 4.68 Å². The van der Waals surface area contributed by atoms with Gasteiger partial charge in [0.25, 0.3) is 0 Å². The van der Waals surface area contributed by atoms with E-state index in [1.54, 1.807) is 34.8 Å². The number of carbonyl (C=O) groups excluding carboxylic acids is 1. The lowest BCUT2D eigenvalue weighted by Crippen LogP contribution is -2.42. The first kappa shape index (κ1) is 19.0. The van der Waals surface area contributed by atoms with Crippen LogP contribution in [-0.2, 0) is 16.1 Å². The number of carbonyl (C=O) groups is 2. The van der Waals surface area contributed by atoms with Crippen molar-refractivity contribution < 1.29 is 14.7 Å². The van der Waals surface area contributed by atoms with Gasteiger partial charge in [-0.2, -0.15) is 5.10 Å². The fourth-order valence-corrected chi connectivity index (χ4v) is 2.48.